The van der Waals surface area contributed by atoms with Crippen LogP contribution in [0.4, 0.5) is 14.9 Å². The fraction of sp³-hybridized carbons (Fsp3) is 0.438. The average Bonchev–Trinajstić information content (AvgIpc) is 2.46. The van der Waals surface area contributed by atoms with Crippen LogP contribution in [0.25, 0.3) is 0 Å². The number of halogens is 2. The van der Waals surface area contributed by atoms with Gasteiger partial charge >= 0.3 is 12.1 Å². The molecule has 25 heavy (non-hydrogen) atoms. The molecule has 0 saturated carbocycles. The van der Waals surface area contributed by atoms with Crippen molar-refractivity contribution in [3.63, 3.8) is 0 Å². The van der Waals surface area contributed by atoms with Gasteiger partial charge in [-0.25, -0.2) is 9.18 Å². The monoisotopic (exact) mass is 374 g/mol. The van der Waals surface area contributed by atoms with Crippen LogP contribution in [0.5, 0.6) is 0 Å². The number of ether oxygens (including phenoxy) is 2. The van der Waals surface area contributed by atoms with Crippen LogP contribution in [0.2, 0.25) is 5.02 Å². The number of amides is 2. The molecule has 1 aromatic rings. The highest BCUT2D eigenvalue weighted by Crippen LogP contribution is 2.18. The van der Waals surface area contributed by atoms with Crippen molar-refractivity contribution < 1.29 is 28.2 Å². The topological polar surface area (TPSA) is 93.7 Å². The number of alkyl carbamates (subject to hydrolysis) is 1. The number of hydrogen-bond acceptors (Lipinski definition) is 5. The van der Waals surface area contributed by atoms with Gasteiger partial charge in [0, 0.05) is 11.6 Å². The summed E-state index contributed by atoms with van der Waals surface area (Å²) in [5, 5.41) is 4.83. The molecule has 0 aliphatic carbocycles. The lowest BCUT2D eigenvalue weighted by atomic mass is 10.2. The van der Waals surface area contributed by atoms with Crippen LogP contribution in [-0.4, -0.2) is 36.7 Å². The second-order valence-electron chi connectivity index (χ2n) is 6.01. The second kappa shape index (κ2) is 9.22. The Kier molecular flexibility index (Phi) is 7.63. The molecule has 0 atom stereocenters. The summed E-state index contributed by atoms with van der Waals surface area (Å²) in [6.45, 7) is 4.56. The minimum absolute atomic E-state index is 0.00117. The molecule has 0 fully saturated rings. The van der Waals surface area contributed by atoms with E-state index >= 15 is 0 Å². The number of nitrogens with one attached hydrogen (secondary N) is 2. The summed E-state index contributed by atoms with van der Waals surface area (Å²) < 4.78 is 23.2. The third-order valence-electron chi connectivity index (χ3n) is 2.57. The summed E-state index contributed by atoms with van der Waals surface area (Å²) in [6, 6.07) is 3.75. The molecule has 0 radical (unpaired) electrons. The van der Waals surface area contributed by atoms with Crippen molar-refractivity contribution >= 4 is 35.3 Å². The summed E-state index contributed by atoms with van der Waals surface area (Å²) in [6.07, 6.45) is -0.793. The van der Waals surface area contributed by atoms with Crippen molar-refractivity contribution in [2.24, 2.45) is 0 Å². The van der Waals surface area contributed by atoms with Crippen molar-refractivity contribution in [3.05, 3.63) is 29.0 Å². The zero-order chi connectivity index (χ0) is 19.0. The van der Waals surface area contributed by atoms with Crippen molar-refractivity contribution in [1.82, 2.24) is 5.32 Å². The first kappa shape index (κ1) is 20.7. The average molecular weight is 375 g/mol. The van der Waals surface area contributed by atoms with E-state index in [9.17, 15) is 18.8 Å². The van der Waals surface area contributed by atoms with Gasteiger partial charge in [0.2, 0.25) is 0 Å². The van der Waals surface area contributed by atoms with E-state index in [-0.39, 0.29) is 23.7 Å². The molecule has 1 aromatic carbocycles. The molecule has 2 amide bonds. The van der Waals surface area contributed by atoms with Crippen LogP contribution in [0, 0.1) is 5.82 Å². The van der Waals surface area contributed by atoms with Crippen LogP contribution in [0.3, 0.4) is 0 Å². The van der Waals surface area contributed by atoms with Gasteiger partial charge < -0.3 is 20.1 Å². The zero-order valence-corrected chi connectivity index (χ0v) is 14.9. The van der Waals surface area contributed by atoms with Gasteiger partial charge in [0.15, 0.2) is 6.61 Å². The maximum Gasteiger partial charge on any atom is 0.407 e. The predicted molar refractivity (Wildman–Crippen MR) is 89.9 cm³/mol. The number of esters is 1. The molecule has 7 nitrogen and oxygen atoms in total. The number of rotatable bonds is 6. The first-order valence-electron chi connectivity index (χ1n) is 7.44. The lowest BCUT2D eigenvalue weighted by molar-refractivity contribution is -0.147. The van der Waals surface area contributed by atoms with Crippen molar-refractivity contribution in [1.29, 1.82) is 0 Å². The van der Waals surface area contributed by atoms with Crippen LogP contribution in [-0.2, 0) is 19.1 Å². The highest BCUT2D eigenvalue weighted by Gasteiger charge is 2.16. The summed E-state index contributed by atoms with van der Waals surface area (Å²) in [4.78, 5) is 34.5. The molecular formula is C16H20ClFN2O5. The van der Waals surface area contributed by atoms with Crippen LogP contribution in [0.15, 0.2) is 18.2 Å². The maximum absolute atomic E-state index is 13.5. The summed E-state index contributed by atoms with van der Waals surface area (Å²) >= 11 is 5.60. The first-order chi connectivity index (χ1) is 11.6. The minimum Gasteiger partial charge on any atom is -0.456 e. The summed E-state index contributed by atoms with van der Waals surface area (Å²) in [5.41, 5.74) is -0.711. The SMILES string of the molecule is CC(C)(C)OC(=O)NCCC(=O)OCC(=O)Nc1ccc(Cl)cc1F. The smallest absolute Gasteiger partial charge is 0.407 e. The number of anilines is 1. The molecule has 1 rings (SSSR count). The van der Waals surface area contributed by atoms with E-state index in [1.807, 2.05) is 0 Å². The van der Waals surface area contributed by atoms with Gasteiger partial charge in [0.25, 0.3) is 5.91 Å². The molecule has 0 unspecified atom stereocenters. The summed E-state index contributed by atoms with van der Waals surface area (Å²) in [5.74, 6) is -2.09. The van der Waals surface area contributed by atoms with Crippen LogP contribution < -0.4 is 10.6 Å². The number of benzene rings is 1. The van der Waals surface area contributed by atoms with Gasteiger partial charge in [-0.1, -0.05) is 11.6 Å². The van der Waals surface area contributed by atoms with Crippen molar-refractivity contribution in [3.8, 4) is 0 Å². The van der Waals surface area contributed by atoms with E-state index in [1.165, 1.54) is 12.1 Å². The van der Waals surface area contributed by atoms with Gasteiger partial charge in [0.05, 0.1) is 12.1 Å². The van der Waals surface area contributed by atoms with E-state index in [1.54, 1.807) is 20.8 Å². The zero-order valence-electron chi connectivity index (χ0n) is 14.2. The third-order valence-corrected chi connectivity index (χ3v) is 2.80. The molecule has 138 valence electrons. The molecule has 0 aliphatic heterocycles. The van der Waals surface area contributed by atoms with E-state index in [0.717, 1.165) is 6.07 Å². The quantitative estimate of drug-likeness (QED) is 0.747. The van der Waals surface area contributed by atoms with Gasteiger partial charge in [-0.2, -0.15) is 0 Å². The van der Waals surface area contributed by atoms with Gasteiger partial charge in [-0.15, -0.1) is 0 Å². The normalized spacial score (nSPS) is 10.8. The predicted octanol–water partition coefficient (Wildman–Crippen LogP) is 2.88. The molecule has 0 saturated heterocycles. The Morgan fingerprint density at radius 1 is 1.24 bits per heavy atom. The molecule has 2 N–H and O–H groups in total. The molecular weight excluding hydrogens is 355 g/mol. The van der Waals surface area contributed by atoms with Crippen LogP contribution >= 0.6 is 11.6 Å². The van der Waals surface area contributed by atoms with Gasteiger partial charge in [-0.3, -0.25) is 9.59 Å². The van der Waals surface area contributed by atoms with Gasteiger partial charge in [0.1, 0.15) is 11.4 Å². The fourth-order valence-electron chi connectivity index (χ4n) is 1.58. The first-order valence-corrected chi connectivity index (χ1v) is 7.82. The highest BCUT2D eigenvalue weighted by atomic mass is 35.5. The Bertz CT molecular complexity index is 646. The lowest BCUT2D eigenvalue weighted by Crippen LogP contribution is -2.34. The molecule has 9 heteroatoms. The van der Waals surface area contributed by atoms with Crippen LogP contribution in [0.1, 0.15) is 27.2 Å². The number of carbonyl (C=O) groups is 3. The third kappa shape index (κ3) is 8.90. The number of carbonyl (C=O) groups excluding carboxylic acids is 3. The molecule has 0 bridgehead atoms. The Morgan fingerprint density at radius 2 is 1.92 bits per heavy atom. The number of hydrogen-bond donors (Lipinski definition) is 2. The van der Waals surface area contributed by atoms with Crippen molar-refractivity contribution in [2.75, 3.05) is 18.5 Å². The van der Waals surface area contributed by atoms with E-state index in [2.05, 4.69) is 10.6 Å². The molecule has 0 aromatic heterocycles. The molecule has 0 heterocycles. The minimum atomic E-state index is -0.700. The van der Waals surface area contributed by atoms with E-state index in [0.29, 0.717) is 0 Å². The molecule has 0 spiro atoms. The van der Waals surface area contributed by atoms with E-state index in [4.69, 9.17) is 21.1 Å². The largest absolute Gasteiger partial charge is 0.456 e. The van der Waals surface area contributed by atoms with E-state index < -0.39 is 36.0 Å². The summed E-state index contributed by atoms with van der Waals surface area (Å²) in [7, 11) is 0. The Balaban J connectivity index is 2.27. The fourth-order valence-corrected chi connectivity index (χ4v) is 1.73. The standard InChI is InChI=1S/C16H20ClFN2O5/c1-16(2,3)25-15(23)19-7-6-14(22)24-9-13(21)20-12-5-4-10(17)8-11(12)18/h4-5,8H,6-7,9H2,1-3H3,(H,19,23)(H,20,21). The second-order valence-corrected chi connectivity index (χ2v) is 6.45. The maximum atomic E-state index is 13.5. The van der Waals surface area contributed by atoms with Gasteiger partial charge in [-0.05, 0) is 39.0 Å². The Hall–Kier alpha value is -2.35. The highest BCUT2D eigenvalue weighted by molar-refractivity contribution is 6.30. The van der Waals surface area contributed by atoms with Crippen molar-refractivity contribution in [2.45, 2.75) is 32.8 Å². The lowest BCUT2D eigenvalue weighted by Gasteiger charge is -2.19. The Labute approximate surface area is 149 Å². The Morgan fingerprint density at radius 3 is 2.52 bits per heavy atom. The molecule has 0 aliphatic rings.